The van der Waals surface area contributed by atoms with Crippen molar-refractivity contribution in [2.75, 3.05) is 13.7 Å². The van der Waals surface area contributed by atoms with E-state index in [1.54, 1.807) is 49.7 Å². The highest BCUT2D eigenvalue weighted by Gasteiger charge is 2.23. The van der Waals surface area contributed by atoms with E-state index in [9.17, 15) is 4.79 Å². The lowest BCUT2D eigenvalue weighted by Gasteiger charge is -2.24. The maximum Gasteiger partial charge on any atom is 0.410 e. The average molecular weight is 616 g/mol. The Balaban J connectivity index is 1.68. The standard InChI is InChI=1S/C30H36ClF2N5O3Si/c1-30(2,3)41-29(39)37(4)17-19-14-22(32)25(23(33)15-19)28-34-16-24-27(35-28)26(20-8-10-21(31)11-9-20)36-38(24)18-40-12-13-42(5,6)7/h8-11,14-16H,12-13,17-18H2,1-7H3. The molecular formula is C30H36ClF2N5O3Si. The summed E-state index contributed by atoms with van der Waals surface area (Å²) in [6.07, 6.45) is 0.895. The quantitative estimate of drug-likeness (QED) is 0.141. The van der Waals surface area contributed by atoms with Gasteiger partial charge in [0, 0.05) is 38.9 Å². The molecule has 42 heavy (non-hydrogen) atoms. The Kier molecular flexibility index (Phi) is 9.34. The van der Waals surface area contributed by atoms with Crippen LogP contribution in [-0.2, 0) is 22.7 Å². The molecule has 8 nitrogen and oxygen atoms in total. The Labute approximate surface area is 250 Å². The van der Waals surface area contributed by atoms with Crippen molar-refractivity contribution in [3.63, 3.8) is 0 Å². The van der Waals surface area contributed by atoms with E-state index >= 15 is 8.78 Å². The molecule has 0 saturated carbocycles. The third kappa shape index (κ3) is 7.90. The smallest absolute Gasteiger partial charge is 0.410 e. The molecule has 0 N–H and O–H groups in total. The summed E-state index contributed by atoms with van der Waals surface area (Å²) in [4.78, 5) is 22.4. The Morgan fingerprint density at radius 3 is 2.33 bits per heavy atom. The number of benzene rings is 2. The van der Waals surface area contributed by atoms with Gasteiger partial charge in [-0.1, -0.05) is 43.4 Å². The van der Waals surface area contributed by atoms with Crippen LogP contribution in [0.25, 0.3) is 33.7 Å². The number of hydrogen-bond donors (Lipinski definition) is 0. The van der Waals surface area contributed by atoms with Gasteiger partial charge in [-0.2, -0.15) is 5.10 Å². The minimum Gasteiger partial charge on any atom is -0.444 e. The number of nitrogens with zero attached hydrogens (tertiary/aromatic N) is 5. The van der Waals surface area contributed by atoms with Crippen molar-refractivity contribution in [1.82, 2.24) is 24.6 Å². The van der Waals surface area contributed by atoms with E-state index in [0.717, 1.165) is 11.6 Å². The predicted molar refractivity (Wildman–Crippen MR) is 163 cm³/mol. The van der Waals surface area contributed by atoms with Gasteiger partial charge in [-0.15, -0.1) is 0 Å². The lowest BCUT2D eigenvalue weighted by molar-refractivity contribution is 0.0284. The van der Waals surface area contributed by atoms with Gasteiger partial charge >= 0.3 is 6.09 Å². The van der Waals surface area contributed by atoms with Crippen LogP contribution in [0, 0.1) is 11.6 Å². The van der Waals surface area contributed by atoms with Crippen LogP contribution in [0.15, 0.2) is 42.6 Å². The SMILES string of the molecule is CN(Cc1cc(F)c(-c2ncc3c(n2)c(-c2ccc(Cl)cc2)nn3COCC[Si](C)(C)C)c(F)c1)C(=O)OC(C)(C)C. The second kappa shape index (κ2) is 12.4. The summed E-state index contributed by atoms with van der Waals surface area (Å²) in [5, 5.41) is 5.28. The van der Waals surface area contributed by atoms with Gasteiger partial charge in [-0.05, 0) is 56.6 Å². The summed E-state index contributed by atoms with van der Waals surface area (Å²) in [6, 6.07) is 10.4. The molecule has 0 saturated heterocycles. The zero-order valence-electron chi connectivity index (χ0n) is 25.0. The van der Waals surface area contributed by atoms with E-state index in [2.05, 4.69) is 29.6 Å². The molecule has 4 rings (SSSR count). The third-order valence-electron chi connectivity index (χ3n) is 6.27. The van der Waals surface area contributed by atoms with Crippen LogP contribution >= 0.6 is 11.6 Å². The van der Waals surface area contributed by atoms with Crippen molar-refractivity contribution in [2.45, 2.75) is 65.3 Å². The van der Waals surface area contributed by atoms with Crippen LogP contribution in [0.2, 0.25) is 30.7 Å². The zero-order valence-corrected chi connectivity index (χ0v) is 26.7. The highest BCUT2D eigenvalue weighted by molar-refractivity contribution is 6.76. The van der Waals surface area contributed by atoms with Crippen molar-refractivity contribution < 1.29 is 23.0 Å². The van der Waals surface area contributed by atoms with Gasteiger partial charge in [-0.25, -0.2) is 28.2 Å². The molecule has 0 bridgehead atoms. The van der Waals surface area contributed by atoms with E-state index < -0.39 is 31.4 Å². The van der Waals surface area contributed by atoms with Gasteiger partial charge in [0.05, 0.1) is 11.8 Å². The summed E-state index contributed by atoms with van der Waals surface area (Å²) >= 11 is 6.09. The molecule has 0 atom stereocenters. The molecule has 0 unspecified atom stereocenters. The molecule has 0 aliphatic rings. The first-order chi connectivity index (χ1) is 19.6. The molecule has 0 radical (unpaired) electrons. The van der Waals surface area contributed by atoms with E-state index in [-0.39, 0.29) is 30.2 Å². The highest BCUT2D eigenvalue weighted by atomic mass is 35.5. The molecule has 0 spiro atoms. The van der Waals surface area contributed by atoms with Crippen LogP contribution in [0.1, 0.15) is 26.3 Å². The van der Waals surface area contributed by atoms with E-state index in [1.165, 1.54) is 30.3 Å². The molecule has 224 valence electrons. The number of ether oxygens (including phenoxy) is 2. The number of carbonyl (C=O) groups excluding carboxylic acids is 1. The average Bonchev–Trinajstić information content (AvgIpc) is 3.23. The number of hydrogen-bond acceptors (Lipinski definition) is 6. The zero-order chi connectivity index (χ0) is 30.8. The van der Waals surface area contributed by atoms with Gasteiger partial charge in [0.2, 0.25) is 0 Å². The monoisotopic (exact) mass is 615 g/mol. The van der Waals surface area contributed by atoms with Crippen LogP contribution in [0.5, 0.6) is 0 Å². The normalized spacial score (nSPS) is 12.1. The molecular weight excluding hydrogens is 580 g/mol. The van der Waals surface area contributed by atoms with Crippen LogP contribution < -0.4 is 0 Å². The minimum atomic E-state index is -1.27. The fourth-order valence-electron chi connectivity index (χ4n) is 4.12. The molecule has 0 aliphatic heterocycles. The summed E-state index contributed by atoms with van der Waals surface area (Å²) in [6.45, 7) is 12.8. The van der Waals surface area contributed by atoms with Crippen LogP contribution in [0.4, 0.5) is 13.6 Å². The van der Waals surface area contributed by atoms with Crippen molar-refractivity contribution >= 4 is 36.8 Å². The molecule has 2 aromatic heterocycles. The van der Waals surface area contributed by atoms with Gasteiger partial charge in [0.15, 0.2) is 5.82 Å². The number of fused-ring (bicyclic) bond motifs is 1. The molecule has 2 aromatic carbocycles. The number of amides is 1. The highest BCUT2D eigenvalue weighted by Crippen LogP contribution is 2.31. The molecule has 1 amide bonds. The maximum atomic E-state index is 15.4. The second-order valence-corrected chi connectivity index (χ2v) is 18.5. The van der Waals surface area contributed by atoms with Crippen molar-refractivity contribution in [2.24, 2.45) is 0 Å². The number of halogens is 3. The van der Waals surface area contributed by atoms with Crippen LogP contribution in [-0.4, -0.2) is 58.1 Å². The predicted octanol–water partition coefficient (Wildman–Crippen LogP) is 7.77. The molecule has 0 fully saturated rings. The fraction of sp³-hybridized carbons (Fsp3) is 0.400. The molecule has 2 heterocycles. The lowest BCUT2D eigenvalue weighted by Crippen LogP contribution is -2.33. The molecule has 0 aliphatic carbocycles. The fourth-order valence-corrected chi connectivity index (χ4v) is 5.00. The molecule has 12 heteroatoms. The van der Waals surface area contributed by atoms with Crippen molar-refractivity contribution in [1.29, 1.82) is 0 Å². The van der Waals surface area contributed by atoms with Crippen LogP contribution in [0.3, 0.4) is 0 Å². The Morgan fingerprint density at radius 1 is 1.10 bits per heavy atom. The first-order valence-corrected chi connectivity index (χ1v) is 17.7. The van der Waals surface area contributed by atoms with E-state index in [1.807, 2.05) is 0 Å². The third-order valence-corrected chi connectivity index (χ3v) is 8.23. The largest absolute Gasteiger partial charge is 0.444 e. The van der Waals surface area contributed by atoms with E-state index in [0.29, 0.717) is 28.4 Å². The first-order valence-electron chi connectivity index (χ1n) is 13.6. The van der Waals surface area contributed by atoms with Gasteiger partial charge in [0.1, 0.15) is 40.7 Å². The maximum absolute atomic E-state index is 15.4. The van der Waals surface area contributed by atoms with Gasteiger partial charge in [0.25, 0.3) is 0 Å². The van der Waals surface area contributed by atoms with E-state index in [4.69, 9.17) is 26.2 Å². The second-order valence-electron chi connectivity index (χ2n) is 12.4. The van der Waals surface area contributed by atoms with Gasteiger partial charge in [-0.3, -0.25) is 0 Å². The summed E-state index contributed by atoms with van der Waals surface area (Å²) in [7, 11) is 0.225. The summed E-state index contributed by atoms with van der Waals surface area (Å²) < 4.78 is 43.7. The Bertz CT molecular complexity index is 1560. The van der Waals surface area contributed by atoms with Gasteiger partial charge < -0.3 is 14.4 Å². The van der Waals surface area contributed by atoms with Crippen molar-refractivity contribution in [3.05, 3.63) is 64.8 Å². The summed E-state index contributed by atoms with van der Waals surface area (Å²) in [5.74, 6) is -1.83. The molecule has 4 aromatic rings. The van der Waals surface area contributed by atoms with Crippen molar-refractivity contribution in [3.8, 4) is 22.6 Å². The Morgan fingerprint density at radius 2 is 1.74 bits per heavy atom. The minimum absolute atomic E-state index is 0.0475. The summed E-state index contributed by atoms with van der Waals surface area (Å²) in [5.41, 5.74) is 1.42. The number of rotatable bonds is 9. The first kappa shape index (κ1) is 31.5. The number of carbonyl (C=O) groups is 1. The lowest BCUT2D eigenvalue weighted by atomic mass is 10.1. The number of aromatic nitrogens is 4. The topological polar surface area (TPSA) is 82.4 Å². The Hall–Kier alpha value is -3.41.